The number of ether oxygens (including phenoxy) is 1. The number of benzene rings is 1. The van der Waals surface area contributed by atoms with E-state index in [4.69, 9.17) is 16.3 Å². The largest absolute Gasteiger partial charge is 0.453 e. The summed E-state index contributed by atoms with van der Waals surface area (Å²) in [7, 11) is 1.38. The van der Waals surface area contributed by atoms with Crippen LogP contribution >= 0.6 is 34.7 Å². The number of hydrogen-bond donors (Lipinski definition) is 1. The summed E-state index contributed by atoms with van der Waals surface area (Å²) in [5, 5.41) is 4.13. The highest BCUT2D eigenvalue weighted by Gasteiger charge is 2.50. The average molecular weight is 509 g/mol. The van der Waals surface area contributed by atoms with Crippen LogP contribution in [0, 0.1) is 0 Å². The number of carbonyl (C=O) groups excluding carboxylic acids is 3. The van der Waals surface area contributed by atoms with Crippen LogP contribution in [0.4, 0.5) is 10.5 Å². The highest BCUT2D eigenvalue weighted by atomic mass is 35.5. The fourth-order valence-electron chi connectivity index (χ4n) is 4.42. The normalized spacial score (nSPS) is 19.1. The zero-order valence-corrected chi connectivity index (χ0v) is 20.8. The van der Waals surface area contributed by atoms with E-state index >= 15 is 0 Å². The van der Waals surface area contributed by atoms with Crippen molar-refractivity contribution in [1.82, 2.24) is 15.2 Å². The molecular formula is C22H25ClN4O4S2. The van der Waals surface area contributed by atoms with E-state index in [9.17, 15) is 14.4 Å². The summed E-state index contributed by atoms with van der Waals surface area (Å²) in [5.74, 6) is 0.665. The van der Waals surface area contributed by atoms with Crippen LogP contribution in [0.1, 0.15) is 23.9 Å². The van der Waals surface area contributed by atoms with Crippen molar-refractivity contribution in [3.05, 3.63) is 40.0 Å². The molecule has 4 rings (SSSR count). The number of nitrogens with one attached hydrogen (secondary N) is 1. The Labute approximate surface area is 205 Å². The second-order valence-corrected chi connectivity index (χ2v) is 11.1. The van der Waals surface area contributed by atoms with Crippen molar-refractivity contribution < 1.29 is 19.1 Å². The molecule has 0 aliphatic carbocycles. The van der Waals surface area contributed by atoms with Gasteiger partial charge in [0.15, 0.2) is 0 Å². The van der Waals surface area contributed by atoms with Crippen LogP contribution in [0.25, 0.3) is 0 Å². The summed E-state index contributed by atoms with van der Waals surface area (Å²) in [6.07, 6.45) is 2.36. The first-order chi connectivity index (χ1) is 15.8. The van der Waals surface area contributed by atoms with Crippen molar-refractivity contribution in [2.75, 3.05) is 43.9 Å². The number of anilines is 1. The number of fused-ring (bicyclic) bond motifs is 2. The monoisotopic (exact) mass is 508 g/mol. The van der Waals surface area contributed by atoms with E-state index < -0.39 is 0 Å². The lowest BCUT2D eigenvalue weighted by Gasteiger charge is -2.25. The first-order valence-corrected chi connectivity index (χ1v) is 12.7. The molecule has 1 saturated heterocycles. The Bertz CT molecular complexity index is 1080. The maximum Gasteiger partial charge on any atom is 0.409 e. The van der Waals surface area contributed by atoms with E-state index in [2.05, 4.69) is 10.3 Å². The number of methoxy groups -OCH3 is 1. The third-order valence-electron chi connectivity index (χ3n) is 5.92. The highest BCUT2D eigenvalue weighted by molar-refractivity contribution is 8.01. The summed E-state index contributed by atoms with van der Waals surface area (Å²) in [5.41, 5.74) is 1.50. The Morgan fingerprint density at radius 3 is 2.91 bits per heavy atom. The van der Waals surface area contributed by atoms with E-state index in [1.165, 1.54) is 25.4 Å². The minimum atomic E-state index is -0.355. The third-order valence-corrected chi connectivity index (χ3v) is 8.35. The van der Waals surface area contributed by atoms with Gasteiger partial charge in [-0.15, -0.1) is 23.1 Å². The second kappa shape index (κ2) is 9.90. The van der Waals surface area contributed by atoms with Crippen molar-refractivity contribution in [2.45, 2.75) is 29.4 Å². The van der Waals surface area contributed by atoms with Gasteiger partial charge in [-0.05, 0) is 30.2 Å². The summed E-state index contributed by atoms with van der Waals surface area (Å²) in [6.45, 7) is 3.65. The summed E-state index contributed by atoms with van der Waals surface area (Å²) in [4.78, 5) is 44.3. The molecule has 0 saturated carbocycles. The van der Waals surface area contributed by atoms with Crippen LogP contribution in [0.15, 0.2) is 28.6 Å². The van der Waals surface area contributed by atoms with Crippen LogP contribution in [-0.4, -0.2) is 66.8 Å². The molecule has 0 bridgehead atoms. The molecule has 33 heavy (non-hydrogen) atoms. The van der Waals surface area contributed by atoms with Crippen molar-refractivity contribution in [1.29, 1.82) is 0 Å². The molecule has 2 aromatic rings. The van der Waals surface area contributed by atoms with E-state index in [0.29, 0.717) is 31.2 Å². The zero-order chi connectivity index (χ0) is 23.6. The van der Waals surface area contributed by atoms with Crippen molar-refractivity contribution in [3.8, 4) is 0 Å². The first-order valence-electron chi connectivity index (χ1n) is 10.6. The minimum absolute atomic E-state index is 0.0314. The molecule has 2 aliphatic rings. The standard InChI is InChI=1S/C22H25ClN4O4S2/c1-14(28)24-6-8-32-20-11-25-18(33-20)10-19(29)27-13-22(5-7-26(12-22)21(30)31-2)16-9-15(23)3-4-17(16)27/h3-4,9,11H,5-8,10,12-13H2,1-2H3,(H,24,28). The summed E-state index contributed by atoms with van der Waals surface area (Å²) in [6, 6.07) is 5.59. The van der Waals surface area contributed by atoms with E-state index in [0.717, 1.165) is 32.6 Å². The molecule has 3 amide bonds. The summed E-state index contributed by atoms with van der Waals surface area (Å²) < 4.78 is 5.91. The third kappa shape index (κ3) is 5.12. The fraction of sp³-hybridized carbons (Fsp3) is 0.455. The molecule has 1 unspecified atom stereocenters. The van der Waals surface area contributed by atoms with Gasteiger partial charge in [-0.2, -0.15) is 0 Å². The van der Waals surface area contributed by atoms with Crippen molar-refractivity contribution in [3.63, 3.8) is 0 Å². The van der Waals surface area contributed by atoms with Crippen molar-refractivity contribution >= 4 is 58.3 Å². The number of likely N-dealkylation sites (tertiary alicyclic amines) is 1. The topological polar surface area (TPSA) is 91.8 Å². The smallest absolute Gasteiger partial charge is 0.409 e. The SMILES string of the molecule is COC(=O)N1CCC2(C1)CN(C(=O)Cc1ncc(SCCNC(C)=O)s1)c1ccc(Cl)cc12. The number of thioether (sulfide) groups is 1. The predicted molar refractivity (Wildman–Crippen MR) is 129 cm³/mol. The minimum Gasteiger partial charge on any atom is -0.453 e. The van der Waals surface area contributed by atoms with E-state index in [1.807, 2.05) is 12.1 Å². The molecule has 1 aromatic heterocycles. The molecule has 176 valence electrons. The van der Waals surface area contributed by atoms with Crippen LogP contribution in [0.2, 0.25) is 5.02 Å². The molecular weight excluding hydrogens is 484 g/mol. The number of carbonyl (C=O) groups is 3. The number of hydrogen-bond acceptors (Lipinski definition) is 7. The van der Waals surface area contributed by atoms with E-state index in [-0.39, 0.29) is 29.7 Å². The lowest BCUT2D eigenvalue weighted by molar-refractivity contribution is -0.119. The first kappa shape index (κ1) is 23.8. The molecule has 8 nitrogen and oxygen atoms in total. The molecule has 1 spiro atoms. The molecule has 1 fully saturated rings. The number of aromatic nitrogens is 1. The van der Waals surface area contributed by atoms with Gasteiger partial charge in [0, 0.05) is 55.0 Å². The maximum absolute atomic E-state index is 13.3. The molecule has 1 atom stereocenters. The Hall–Kier alpha value is -2.30. The quantitative estimate of drug-likeness (QED) is 0.475. The summed E-state index contributed by atoms with van der Waals surface area (Å²) >= 11 is 9.40. The van der Waals surface area contributed by atoms with Crippen LogP contribution in [0.3, 0.4) is 0 Å². The van der Waals surface area contributed by atoms with Gasteiger partial charge < -0.3 is 19.9 Å². The maximum atomic E-state index is 13.3. The average Bonchev–Trinajstić information content (AvgIpc) is 3.49. The van der Waals surface area contributed by atoms with Gasteiger partial charge in [-0.25, -0.2) is 9.78 Å². The second-order valence-electron chi connectivity index (χ2n) is 8.14. The molecule has 11 heteroatoms. The molecule has 1 N–H and O–H groups in total. The number of amides is 3. The van der Waals surface area contributed by atoms with Crippen LogP contribution < -0.4 is 10.2 Å². The Kier molecular flexibility index (Phi) is 7.16. The number of thiazole rings is 1. The number of rotatable bonds is 6. The molecule has 2 aliphatic heterocycles. The fourth-order valence-corrected chi connectivity index (χ4v) is 6.53. The van der Waals surface area contributed by atoms with Gasteiger partial charge in [-0.3, -0.25) is 9.59 Å². The highest BCUT2D eigenvalue weighted by Crippen LogP contribution is 2.47. The number of halogens is 1. The van der Waals surface area contributed by atoms with E-state index in [1.54, 1.807) is 33.8 Å². The Morgan fingerprint density at radius 1 is 1.33 bits per heavy atom. The molecule has 0 radical (unpaired) electrons. The van der Waals surface area contributed by atoms with Crippen molar-refractivity contribution in [2.24, 2.45) is 0 Å². The predicted octanol–water partition coefficient (Wildman–Crippen LogP) is 3.32. The van der Waals surface area contributed by atoms with Crippen LogP contribution in [0.5, 0.6) is 0 Å². The van der Waals surface area contributed by atoms with Gasteiger partial charge in [0.05, 0.1) is 23.9 Å². The lowest BCUT2D eigenvalue weighted by Crippen LogP contribution is -2.40. The number of nitrogens with zero attached hydrogens (tertiary/aromatic N) is 3. The zero-order valence-electron chi connectivity index (χ0n) is 18.4. The lowest BCUT2D eigenvalue weighted by atomic mass is 9.81. The van der Waals surface area contributed by atoms with Gasteiger partial charge in [0.1, 0.15) is 5.01 Å². The Morgan fingerprint density at radius 2 is 2.15 bits per heavy atom. The van der Waals surface area contributed by atoms with Gasteiger partial charge >= 0.3 is 6.09 Å². The Balaban J connectivity index is 1.46. The van der Waals surface area contributed by atoms with Gasteiger partial charge in [-0.1, -0.05) is 11.6 Å². The van der Waals surface area contributed by atoms with Gasteiger partial charge in [0.2, 0.25) is 11.8 Å². The molecule has 1 aromatic carbocycles. The van der Waals surface area contributed by atoms with Gasteiger partial charge in [0.25, 0.3) is 0 Å². The van der Waals surface area contributed by atoms with Crippen LogP contribution in [-0.2, 0) is 26.2 Å². The molecule has 3 heterocycles.